The number of likely N-dealkylation sites (tertiary alicyclic amines) is 1. The van der Waals surface area contributed by atoms with E-state index in [9.17, 15) is 9.59 Å². The van der Waals surface area contributed by atoms with Gasteiger partial charge >= 0.3 is 5.97 Å². The van der Waals surface area contributed by atoms with Crippen molar-refractivity contribution >= 4 is 11.9 Å². The van der Waals surface area contributed by atoms with E-state index in [2.05, 4.69) is 5.10 Å². The molecule has 2 aliphatic rings. The lowest BCUT2D eigenvalue weighted by atomic mass is 10.1. The summed E-state index contributed by atoms with van der Waals surface area (Å²) in [5.74, 6) is -1.10. The molecule has 1 saturated carbocycles. The Morgan fingerprint density at radius 1 is 1.39 bits per heavy atom. The fourth-order valence-corrected chi connectivity index (χ4v) is 3.66. The maximum absolute atomic E-state index is 12.7. The molecule has 3 rings (SSSR count). The molecule has 126 valence electrons. The van der Waals surface area contributed by atoms with E-state index in [1.165, 1.54) is 12.8 Å². The summed E-state index contributed by atoms with van der Waals surface area (Å²) in [7, 11) is 1.59. The monoisotopic (exact) mass is 321 g/mol. The van der Waals surface area contributed by atoms with Crippen molar-refractivity contribution in [1.29, 1.82) is 0 Å². The summed E-state index contributed by atoms with van der Waals surface area (Å²) in [5, 5.41) is 13.5. The quantitative estimate of drug-likeness (QED) is 0.892. The van der Waals surface area contributed by atoms with E-state index in [0.29, 0.717) is 24.7 Å². The average molecular weight is 321 g/mol. The molecule has 1 saturated heterocycles. The summed E-state index contributed by atoms with van der Waals surface area (Å²) in [5.41, 5.74) is 0.393. The maximum atomic E-state index is 12.7. The highest BCUT2D eigenvalue weighted by molar-refractivity contribution is 5.93. The number of carboxylic acids is 1. The molecule has 1 aliphatic carbocycles. The first-order valence-corrected chi connectivity index (χ1v) is 8.19. The summed E-state index contributed by atoms with van der Waals surface area (Å²) >= 11 is 0. The van der Waals surface area contributed by atoms with Crippen molar-refractivity contribution in [3.63, 3.8) is 0 Å². The Morgan fingerprint density at radius 2 is 2.13 bits per heavy atom. The van der Waals surface area contributed by atoms with Crippen LogP contribution in [0.4, 0.5) is 0 Å². The van der Waals surface area contributed by atoms with Crippen LogP contribution in [-0.2, 0) is 9.53 Å². The summed E-state index contributed by atoms with van der Waals surface area (Å²) in [6.45, 7) is 0.420. The first-order chi connectivity index (χ1) is 11.1. The lowest BCUT2D eigenvalue weighted by Crippen LogP contribution is -2.37. The minimum absolute atomic E-state index is 0.0606. The van der Waals surface area contributed by atoms with E-state index < -0.39 is 5.97 Å². The number of methoxy groups -OCH3 is 1. The number of carboxylic acid groups (broad SMARTS) is 1. The lowest BCUT2D eigenvalue weighted by molar-refractivity contribution is -0.138. The molecule has 2 fully saturated rings. The Morgan fingerprint density at radius 3 is 2.78 bits per heavy atom. The van der Waals surface area contributed by atoms with Crippen LogP contribution >= 0.6 is 0 Å². The van der Waals surface area contributed by atoms with Gasteiger partial charge in [0.25, 0.3) is 5.91 Å². The van der Waals surface area contributed by atoms with E-state index in [1.807, 2.05) is 10.9 Å². The van der Waals surface area contributed by atoms with Crippen LogP contribution in [-0.4, -0.2) is 57.5 Å². The standard InChI is InChI=1S/C16H23N3O4/c1-23-13-8-12(9-15(20)21)18(10-13)16(22)14-6-7-19(17-14)11-4-2-3-5-11/h6-7,11-13H,2-5,8-10H2,1H3,(H,20,21). The van der Waals surface area contributed by atoms with E-state index in [0.717, 1.165) is 12.8 Å². The molecule has 1 amide bonds. The SMILES string of the molecule is COC1CC(CC(=O)O)N(C(=O)c2ccn(C3CCCC3)n2)C1. The molecular formula is C16H23N3O4. The molecule has 2 atom stereocenters. The van der Waals surface area contributed by atoms with Gasteiger partial charge in [-0.2, -0.15) is 5.10 Å². The second-order valence-electron chi connectivity index (χ2n) is 6.42. The Balaban J connectivity index is 1.73. The first-order valence-electron chi connectivity index (χ1n) is 8.19. The highest BCUT2D eigenvalue weighted by atomic mass is 16.5. The summed E-state index contributed by atoms with van der Waals surface area (Å²) in [6, 6.07) is 1.79. The number of carbonyl (C=O) groups is 2. The highest BCUT2D eigenvalue weighted by Gasteiger charge is 2.37. The van der Waals surface area contributed by atoms with Crippen LogP contribution in [0.25, 0.3) is 0 Å². The van der Waals surface area contributed by atoms with Crippen molar-refractivity contribution in [2.75, 3.05) is 13.7 Å². The van der Waals surface area contributed by atoms with Gasteiger partial charge in [0.1, 0.15) is 5.69 Å². The summed E-state index contributed by atoms with van der Waals surface area (Å²) in [4.78, 5) is 25.4. The van der Waals surface area contributed by atoms with E-state index in [1.54, 1.807) is 18.1 Å². The minimum atomic E-state index is -0.902. The molecule has 0 spiro atoms. The van der Waals surface area contributed by atoms with Gasteiger partial charge in [0.15, 0.2) is 0 Å². The molecule has 0 aromatic carbocycles. The number of aromatic nitrogens is 2. The van der Waals surface area contributed by atoms with Crippen LogP contribution in [0.1, 0.15) is 55.1 Å². The normalized spacial score (nSPS) is 25.2. The predicted molar refractivity (Wildman–Crippen MR) is 82.2 cm³/mol. The molecule has 1 aromatic rings. The third kappa shape index (κ3) is 3.39. The maximum Gasteiger partial charge on any atom is 0.305 e. The van der Waals surface area contributed by atoms with Crippen LogP contribution in [0.3, 0.4) is 0 Å². The predicted octanol–water partition coefficient (Wildman–Crippen LogP) is 1.70. The summed E-state index contributed by atoms with van der Waals surface area (Å²) < 4.78 is 7.20. The Labute approximate surface area is 135 Å². The van der Waals surface area contributed by atoms with Crippen molar-refractivity contribution in [3.05, 3.63) is 18.0 Å². The second kappa shape index (κ2) is 6.70. The molecular weight excluding hydrogens is 298 g/mol. The van der Waals surface area contributed by atoms with Gasteiger partial charge in [0.2, 0.25) is 0 Å². The first kappa shape index (κ1) is 16.0. The topological polar surface area (TPSA) is 84.7 Å². The second-order valence-corrected chi connectivity index (χ2v) is 6.42. The van der Waals surface area contributed by atoms with Crippen molar-refractivity contribution in [2.24, 2.45) is 0 Å². The van der Waals surface area contributed by atoms with Gasteiger partial charge < -0.3 is 14.7 Å². The number of ether oxygens (including phenoxy) is 1. The average Bonchev–Trinajstić information content (AvgIpc) is 3.25. The van der Waals surface area contributed by atoms with Crippen LogP contribution < -0.4 is 0 Å². The van der Waals surface area contributed by atoms with Crippen LogP contribution in [0.5, 0.6) is 0 Å². The van der Waals surface area contributed by atoms with E-state index in [-0.39, 0.29) is 24.5 Å². The third-order valence-electron chi connectivity index (χ3n) is 4.91. The van der Waals surface area contributed by atoms with Gasteiger partial charge in [-0.1, -0.05) is 12.8 Å². The largest absolute Gasteiger partial charge is 0.481 e. The van der Waals surface area contributed by atoms with Gasteiger partial charge in [-0.25, -0.2) is 0 Å². The van der Waals surface area contributed by atoms with E-state index in [4.69, 9.17) is 9.84 Å². The lowest BCUT2D eigenvalue weighted by Gasteiger charge is -2.22. The van der Waals surface area contributed by atoms with Gasteiger partial charge in [-0.05, 0) is 25.3 Å². The van der Waals surface area contributed by atoms with E-state index >= 15 is 0 Å². The van der Waals surface area contributed by atoms with Gasteiger partial charge in [-0.15, -0.1) is 0 Å². The van der Waals surface area contributed by atoms with Crippen molar-refractivity contribution < 1.29 is 19.4 Å². The Hall–Kier alpha value is -1.89. The zero-order valence-electron chi connectivity index (χ0n) is 13.4. The van der Waals surface area contributed by atoms with Crippen molar-refractivity contribution in [1.82, 2.24) is 14.7 Å². The Bertz CT molecular complexity index is 580. The van der Waals surface area contributed by atoms with Crippen LogP contribution in [0, 0.1) is 0 Å². The molecule has 1 N–H and O–H groups in total. The summed E-state index contributed by atoms with van der Waals surface area (Å²) in [6.07, 6.45) is 6.86. The fraction of sp³-hybridized carbons (Fsp3) is 0.688. The molecule has 1 aliphatic heterocycles. The smallest absolute Gasteiger partial charge is 0.305 e. The number of hydrogen-bond acceptors (Lipinski definition) is 4. The molecule has 2 heterocycles. The zero-order valence-corrected chi connectivity index (χ0v) is 13.4. The van der Waals surface area contributed by atoms with Crippen molar-refractivity contribution in [2.45, 2.75) is 56.7 Å². The third-order valence-corrected chi connectivity index (χ3v) is 4.91. The number of aliphatic carboxylic acids is 1. The number of hydrogen-bond donors (Lipinski definition) is 1. The molecule has 0 radical (unpaired) electrons. The molecule has 7 heteroatoms. The number of amides is 1. The van der Waals surface area contributed by atoms with Gasteiger partial charge in [0.05, 0.1) is 18.6 Å². The molecule has 0 bridgehead atoms. The molecule has 2 unspecified atom stereocenters. The van der Waals surface area contributed by atoms with Gasteiger partial charge in [0, 0.05) is 25.9 Å². The van der Waals surface area contributed by atoms with Crippen molar-refractivity contribution in [3.8, 4) is 0 Å². The fourth-order valence-electron chi connectivity index (χ4n) is 3.66. The highest BCUT2D eigenvalue weighted by Crippen LogP contribution is 2.29. The number of carbonyl (C=O) groups excluding carboxylic acids is 1. The van der Waals surface area contributed by atoms with Crippen LogP contribution in [0.2, 0.25) is 0 Å². The number of nitrogens with zero attached hydrogens (tertiary/aromatic N) is 3. The minimum Gasteiger partial charge on any atom is -0.481 e. The van der Waals surface area contributed by atoms with Crippen LogP contribution in [0.15, 0.2) is 12.3 Å². The molecule has 1 aromatic heterocycles. The Kier molecular flexibility index (Phi) is 4.66. The molecule has 7 nitrogen and oxygen atoms in total. The van der Waals surface area contributed by atoms with Gasteiger partial charge in [-0.3, -0.25) is 14.3 Å². The zero-order chi connectivity index (χ0) is 16.4. The molecule has 23 heavy (non-hydrogen) atoms. The number of rotatable bonds is 5.